The van der Waals surface area contributed by atoms with Crippen LogP contribution in [0.25, 0.3) is 10.9 Å². The molecule has 1 N–H and O–H groups in total. The summed E-state index contributed by atoms with van der Waals surface area (Å²) in [6, 6.07) is 6.48. The van der Waals surface area contributed by atoms with Crippen LogP contribution >= 0.6 is 0 Å². The molecule has 3 rings (SSSR count). The van der Waals surface area contributed by atoms with Gasteiger partial charge in [0.25, 0.3) is 0 Å². The number of carboxylic acids is 1. The molecule has 0 saturated carbocycles. The van der Waals surface area contributed by atoms with Gasteiger partial charge in [-0.2, -0.15) is 0 Å². The van der Waals surface area contributed by atoms with E-state index < -0.39 is 5.97 Å². The summed E-state index contributed by atoms with van der Waals surface area (Å²) in [5, 5.41) is 10.4. The number of aryl methyl sites for hydroxylation is 2. The van der Waals surface area contributed by atoms with E-state index in [0.717, 1.165) is 19.3 Å². The Balaban J connectivity index is 2.22. The van der Waals surface area contributed by atoms with Crippen LogP contribution in [0.4, 0.5) is 0 Å². The topological polar surface area (TPSA) is 42.2 Å². The molecule has 1 atom stereocenters. The van der Waals surface area contributed by atoms with Crippen molar-refractivity contribution in [3.63, 3.8) is 0 Å². The standard InChI is InChI=1S/C16H19NO2/c1-10-6-7-12-14(8-10)17(2)13-5-3-4-11(16(12)13)9-15(18)19/h6-8,11H,3-5,9H2,1-2H3,(H,18,19). The van der Waals surface area contributed by atoms with Gasteiger partial charge >= 0.3 is 5.97 Å². The van der Waals surface area contributed by atoms with Gasteiger partial charge in [-0.1, -0.05) is 12.1 Å². The number of hydrogen-bond acceptors (Lipinski definition) is 1. The van der Waals surface area contributed by atoms with E-state index in [0.29, 0.717) is 0 Å². The zero-order valence-electron chi connectivity index (χ0n) is 11.4. The second-order valence-electron chi connectivity index (χ2n) is 5.63. The number of carbonyl (C=O) groups is 1. The first-order chi connectivity index (χ1) is 9.08. The van der Waals surface area contributed by atoms with Gasteiger partial charge in [0, 0.05) is 23.6 Å². The van der Waals surface area contributed by atoms with Crippen molar-refractivity contribution < 1.29 is 9.90 Å². The summed E-state index contributed by atoms with van der Waals surface area (Å²) in [6.07, 6.45) is 3.40. The molecular weight excluding hydrogens is 238 g/mol. The average molecular weight is 257 g/mol. The molecule has 2 aromatic rings. The lowest BCUT2D eigenvalue weighted by atomic mass is 9.83. The lowest BCUT2D eigenvalue weighted by Gasteiger charge is -2.22. The number of hydrogen-bond donors (Lipinski definition) is 1. The maximum atomic E-state index is 11.1. The number of aromatic nitrogens is 1. The van der Waals surface area contributed by atoms with E-state index in [9.17, 15) is 4.79 Å². The Kier molecular flexibility index (Phi) is 2.85. The lowest BCUT2D eigenvalue weighted by molar-refractivity contribution is -0.137. The van der Waals surface area contributed by atoms with Crippen LogP contribution in [0.5, 0.6) is 0 Å². The van der Waals surface area contributed by atoms with Gasteiger partial charge in [-0.15, -0.1) is 0 Å². The summed E-state index contributed by atoms with van der Waals surface area (Å²) < 4.78 is 2.26. The summed E-state index contributed by atoms with van der Waals surface area (Å²) in [6.45, 7) is 2.10. The molecule has 0 aliphatic heterocycles. The first-order valence-corrected chi connectivity index (χ1v) is 6.87. The number of aliphatic carboxylic acids is 1. The molecule has 1 heterocycles. The third kappa shape index (κ3) is 1.93. The van der Waals surface area contributed by atoms with Gasteiger partial charge in [-0.25, -0.2) is 0 Å². The summed E-state index contributed by atoms with van der Waals surface area (Å²) in [4.78, 5) is 11.1. The first-order valence-electron chi connectivity index (χ1n) is 6.87. The van der Waals surface area contributed by atoms with Crippen molar-refractivity contribution in [3.05, 3.63) is 35.0 Å². The maximum Gasteiger partial charge on any atom is 0.303 e. The van der Waals surface area contributed by atoms with Crippen LogP contribution in [0.3, 0.4) is 0 Å². The first kappa shape index (κ1) is 12.3. The van der Waals surface area contributed by atoms with Gasteiger partial charge in [0.05, 0.1) is 6.42 Å². The molecule has 0 amide bonds. The second-order valence-corrected chi connectivity index (χ2v) is 5.63. The number of benzene rings is 1. The van der Waals surface area contributed by atoms with Crippen LogP contribution in [0.15, 0.2) is 18.2 Å². The van der Waals surface area contributed by atoms with Crippen molar-refractivity contribution in [1.82, 2.24) is 4.57 Å². The minimum absolute atomic E-state index is 0.174. The van der Waals surface area contributed by atoms with E-state index in [2.05, 4.69) is 36.7 Å². The van der Waals surface area contributed by atoms with Gasteiger partial charge in [0.15, 0.2) is 0 Å². The quantitative estimate of drug-likeness (QED) is 0.896. The molecule has 0 radical (unpaired) electrons. The summed E-state index contributed by atoms with van der Waals surface area (Å²) >= 11 is 0. The van der Waals surface area contributed by atoms with Crippen molar-refractivity contribution in [2.75, 3.05) is 0 Å². The lowest BCUT2D eigenvalue weighted by Crippen LogP contribution is -2.14. The minimum atomic E-state index is -0.693. The molecular formula is C16H19NO2. The molecule has 0 fully saturated rings. The van der Waals surface area contributed by atoms with Crippen LogP contribution in [0.2, 0.25) is 0 Å². The molecule has 1 aliphatic carbocycles. The molecule has 1 aromatic carbocycles. The van der Waals surface area contributed by atoms with Gasteiger partial charge in [0.2, 0.25) is 0 Å². The number of rotatable bonds is 2. The van der Waals surface area contributed by atoms with Crippen molar-refractivity contribution in [2.45, 2.75) is 38.5 Å². The zero-order valence-corrected chi connectivity index (χ0v) is 11.4. The molecule has 3 heteroatoms. The van der Waals surface area contributed by atoms with Crippen molar-refractivity contribution in [2.24, 2.45) is 7.05 Å². The molecule has 0 saturated heterocycles. The molecule has 3 nitrogen and oxygen atoms in total. The van der Waals surface area contributed by atoms with Gasteiger partial charge in [-0.05, 0) is 49.3 Å². The Bertz CT molecular complexity index is 654. The number of carboxylic acid groups (broad SMARTS) is 1. The smallest absolute Gasteiger partial charge is 0.303 e. The molecule has 1 unspecified atom stereocenters. The maximum absolute atomic E-state index is 11.1. The molecule has 100 valence electrons. The highest BCUT2D eigenvalue weighted by Gasteiger charge is 2.27. The highest BCUT2D eigenvalue weighted by Crippen LogP contribution is 2.40. The normalized spacial score (nSPS) is 18.5. The molecule has 1 aliphatic rings. The van der Waals surface area contributed by atoms with E-state index in [-0.39, 0.29) is 12.3 Å². The van der Waals surface area contributed by atoms with E-state index in [1.54, 1.807) is 0 Å². The van der Waals surface area contributed by atoms with Crippen LogP contribution in [-0.2, 0) is 18.3 Å². The fourth-order valence-electron chi connectivity index (χ4n) is 3.46. The highest BCUT2D eigenvalue weighted by atomic mass is 16.4. The largest absolute Gasteiger partial charge is 0.481 e. The van der Waals surface area contributed by atoms with Crippen molar-refractivity contribution in [1.29, 1.82) is 0 Å². The van der Waals surface area contributed by atoms with Crippen LogP contribution in [0, 0.1) is 6.92 Å². The third-order valence-electron chi connectivity index (χ3n) is 4.32. The molecule has 0 bridgehead atoms. The van der Waals surface area contributed by atoms with Crippen molar-refractivity contribution in [3.8, 4) is 0 Å². The van der Waals surface area contributed by atoms with E-state index >= 15 is 0 Å². The SMILES string of the molecule is Cc1ccc2c3c(n(C)c2c1)CCCC3CC(=O)O. The number of nitrogens with zero attached hydrogens (tertiary/aromatic N) is 1. The third-order valence-corrected chi connectivity index (χ3v) is 4.32. The Labute approximate surface area is 112 Å². The number of fused-ring (bicyclic) bond motifs is 3. The average Bonchev–Trinajstić information content (AvgIpc) is 2.64. The molecule has 1 aromatic heterocycles. The Morgan fingerprint density at radius 1 is 1.47 bits per heavy atom. The summed E-state index contributed by atoms with van der Waals surface area (Å²) in [7, 11) is 2.10. The van der Waals surface area contributed by atoms with Gasteiger partial charge < -0.3 is 9.67 Å². The predicted octanol–water partition coefficient (Wildman–Crippen LogP) is 3.38. The minimum Gasteiger partial charge on any atom is -0.481 e. The molecule has 19 heavy (non-hydrogen) atoms. The summed E-state index contributed by atoms with van der Waals surface area (Å²) in [5.74, 6) is -0.519. The fourth-order valence-corrected chi connectivity index (χ4v) is 3.46. The zero-order chi connectivity index (χ0) is 13.6. The summed E-state index contributed by atoms with van der Waals surface area (Å²) in [5.41, 5.74) is 5.10. The van der Waals surface area contributed by atoms with Crippen LogP contribution in [0.1, 0.15) is 42.0 Å². The Hall–Kier alpha value is -1.77. The van der Waals surface area contributed by atoms with E-state index in [1.807, 2.05) is 0 Å². The Morgan fingerprint density at radius 3 is 3.00 bits per heavy atom. The van der Waals surface area contributed by atoms with E-state index in [1.165, 1.54) is 27.7 Å². The van der Waals surface area contributed by atoms with Crippen molar-refractivity contribution >= 4 is 16.9 Å². The fraction of sp³-hybridized carbons (Fsp3) is 0.438. The van der Waals surface area contributed by atoms with E-state index in [4.69, 9.17) is 5.11 Å². The van der Waals surface area contributed by atoms with Gasteiger partial charge in [-0.3, -0.25) is 4.79 Å². The predicted molar refractivity (Wildman–Crippen MR) is 75.6 cm³/mol. The monoisotopic (exact) mass is 257 g/mol. The molecule has 0 spiro atoms. The van der Waals surface area contributed by atoms with Crippen LogP contribution < -0.4 is 0 Å². The second kappa shape index (κ2) is 4.41. The van der Waals surface area contributed by atoms with Gasteiger partial charge in [0.1, 0.15) is 0 Å². The Morgan fingerprint density at radius 2 is 2.26 bits per heavy atom. The highest BCUT2D eigenvalue weighted by molar-refractivity contribution is 5.87. The van der Waals surface area contributed by atoms with Crippen LogP contribution in [-0.4, -0.2) is 15.6 Å².